The van der Waals surface area contributed by atoms with E-state index in [4.69, 9.17) is 29.6 Å². The summed E-state index contributed by atoms with van der Waals surface area (Å²) in [6.45, 7) is 0.897. The molecule has 0 spiro atoms. The van der Waals surface area contributed by atoms with E-state index in [0.717, 1.165) is 30.6 Å². The Morgan fingerprint density at radius 3 is 2.78 bits per heavy atom. The van der Waals surface area contributed by atoms with E-state index in [2.05, 4.69) is 4.90 Å². The van der Waals surface area contributed by atoms with Crippen LogP contribution < -0.4 is 10.6 Å². The molecule has 2 rings (SSSR count). The van der Waals surface area contributed by atoms with E-state index in [1.807, 2.05) is 19.2 Å². The van der Waals surface area contributed by atoms with Crippen LogP contribution in [0.4, 0.5) is 5.69 Å². The van der Waals surface area contributed by atoms with Crippen LogP contribution in [0.25, 0.3) is 0 Å². The van der Waals surface area contributed by atoms with Crippen molar-refractivity contribution in [1.29, 1.82) is 0 Å². The normalized spacial score (nSPS) is 22.4. The monoisotopic (exact) mass is 284 g/mol. The van der Waals surface area contributed by atoms with Crippen molar-refractivity contribution in [3.05, 3.63) is 28.8 Å². The van der Waals surface area contributed by atoms with Gasteiger partial charge in [0.2, 0.25) is 0 Å². The summed E-state index contributed by atoms with van der Waals surface area (Å²) in [6, 6.07) is 5.57. The first kappa shape index (κ1) is 13.6. The summed E-state index contributed by atoms with van der Waals surface area (Å²) in [4.78, 5) is 2.48. The Morgan fingerprint density at radius 2 is 2.22 bits per heavy atom. The highest BCUT2D eigenvalue weighted by Gasteiger charge is 2.28. The molecule has 1 saturated carbocycles. The Kier molecular flexibility index (Phi) is 4.10. The van der Waals surface area contributed by atoms with E-state index in [0.29, 0.717) is 15.9 Å². The number of benzene rings is 1. The Morgan fingerprint density at radius 1 is 1.56 bits per heavy atom. The fourth-order valence-corrected chi connectivity index (χ4v) is 2.71. The third-order valence-electron chi connectivity index (χ3n) is 3.38. The molecule has 0 aliphatic heterocycles. The number of rotatable bonds is 4. The zero-order valence-electron chi connectivity index (χ0n) is 10.3. The van der Waals surface area contributed by atoms with Gasteiger partial charge in [0, 0.05) is 29.9 Å². The highest BCUT2D eigenvalue weighted by molar-refractivity contribution is 7.80. The minimum Gasteiger partial charge on any atom is -0.393 e. The molecule has 0 radical (unpaired) electrons. The molecule has 3 nitrogen and oxygen atoms in total. The molecule has 0 aromatic heterocycles. The largest absolute Gasteiger partial charge is 0.393 e. The number of hydrogen-bond acceptors (Lipinski definition) is 3. The van der Waals surface area contributed by atoms with Crippen LogP contribution in [0.3, 0.4) is 0 Å². The molecule has 0 bridgehead atoms. The lowest BCUT2D eigenvalue weighted by molar-refractivity contribution is 0.0465. The molecular weight excluding hydrogens is 268 g/mol. The molecule has 0 unspecified atom stereocenters. The Labute approximate surface area is 118 Å². The number of thiocarbonyl (C=S) groups is 1. The molecule has 5 heteroatoms. The van der Waals surface area contributed by atoms with Gasteiger partial charge in [-0.1, -0.05) is 23.8 Å². The lowest BCUT2D eigenvalue weighted by Crippen LogP contribution is -2.37. The second-order valence-electron chi connectivity index (χ2n) is 4.90. The van der Waals surface area contributed by atoms with Crippen LogP contribution in [0.5, 0.6) is 0 Å². The smallest absolute Gasteiger partial charge is 0.106 e. The second kappa shape index (κ2) is 5.43. The van der Waals surface area contributed by atoms with Crippen LogP contribution in [0, 0.1) is 5.92 Å². The van der Waals surface area contributed by atoms with E-state index in [1.54, 1.807) is 6.07 Å². The molecule has 98 valence electrons. The lowest BCUT2D eigenvalue weighted by Gasteiger charge is -2.35. The predicted molar refractivity (Wildman–Crippen MR) is 79.3 cm³/mol. The van der Waals surface area contributed by atoms with Gasteiger partial charge < -0.3 is 15.7 Å². The van der Waals surface area contributed by atoms with Crippen molar-refractivity contribution in [3.63, 3.8) is 0 Å². The molecule has 1 aromatic rings. The van der Waals surface area contributed by atoms with Crippen LogP contribution in [0.15, 0.2) is 18.2 Å². The fraction of sp³-hybridized carbons (Fsp3) is 0.462. The number of aliphatic hydroxyl groups excluding tert-OH is 1. The van der Waals surface area contributed by atoms with Gasteiger partial charge in [-0.25, -0.2) is 0 Å². The number of hydrogen-bond donors (Lipinski definition) is 2. The Hall–Kier alpha value is -0.840. The van der Waals surface area contributed by atoms with E-state index >= 15 is 0 Å². The maximum atomic E-state index is 9.30. The third kappa shape index (κ3) is 2.94. The molecule has 1 aliphatic carbocycles. The highest BCUT2D eigenvalue weighted by atomic mass is 35.5. The molecule has 1 aromatic carbocycles. The molecule has 0 saturated heterocycles. The van der Waals surface area contributed by atoms with Gasteiger partial charge in [-0.3, -0.25) is 0 Å². The molecule has 0 heterocycles. The van der Waals surface area contributed by atoms with Crippen molar-refractivity contribution in [3.8, 4) is 0 Å². The Balaban J connectivity index is 2.13. The van der Waals surface area contributed by atoms with Gasteiger partial charge in [0.05, 0.1) is 6.10 Å². The summed E-state index contributed by atoms with van der Waals surface area (Å²) in [6.07, 6.45) is 1.63. The van der Waals surface area contributed by atoms with Crippen molar-refractivity contribution in [2.45, 2.75) is 18.9 Å². The van der Waals surface area contributed by atoms with Crippen LogP contribution in [-0.2, 0) is 0 Å². The molecule has 3 N–H and O–H groups in total. The first-order valence-electron chi connectivity index (χ1n) is 5.96. The first-order valence-corrected chi connectivity index (χ1v) is 6.74. The molecule has 0 atom stereocenters. The van der Waals surface area contributed by atoms with Crippen molar-refractivity contribution < 1.29 is 5.11 Å². The quantitative estimate of drug-likeness (QED) is 0.832. The second-order valence-corrected chi connectivity index (χ2v) is 5.77. The van der Waals surface area contributed by atoms with E-state index in [9.17, 15) is 5.11 Å². The van der Waals surface area contributed by atoms with Gasteiger partial charge in [0.1, 0.15) is 4.99 Å². The highest BCUT2D eigenvalue weighted by Crippen LogP contribution is 2.30. The number of aliphatic hydroxyl groups is 1. The average molecular weight is 285 g/mol. The summed E-state index contributed by atoms with van der Waals surface area (Å²) in [5, 5.41) is 9.94. The van der Waals surface area contributed by atoms with Gasteiger partial charge in [-0.2, -0.15) is 0 Å². The topological polar surface area (TPSA) is 49.5 Å². The maximum absolute atomic E-state index is 9.30. The van der Waals surface area contributed by atoms with Crippen molar-refractivity contribution in [2.75, 3.05) is 18.5 Å². The van der Waals surface area contributed by atoms with Crippen LogP contribution in [0.1, 0.15) is 18.4 Å². The molecular formula is C13H17ClN2OS. The number of anilines is 1. The van der Waals surface area contributed by atoms with Crippen molar-refractivity contribution >= 4 is 34.5 Å². The lowest BCUT2D eigenvalue weighted by atomic mass is 9.82. The van der Waals surface area contributed by atoms with Gasteiger partial charge in [-0.15, -0.1) is 0 Å². The number of nitrogens with two attached hydrogens (primary N) is 1. The summed E-state index contributed by atoms with van der Waals surface area (Å²) >= 11 is 11.0. The van der Waals surface area contributed by atoms with E-state index < -0.39 is 0 Å². The van der Waals surface area contributed by atoms with Gasteiger partial charge in [-0.05, 0) is 37.0 Å². The van der Waals surface area contributed by atoms with Gasteiger partial charge >= 0.3 is 0 Å². The summed E-state index contributed by atoms with van der Waals surface area (Å²) in [5.41, 5.74) is 7.53. The van der Waals surface area contributed by atoms with Gasteiger partial charge in [0.15, 0.2) is 0 Å². The van der Waals surface area contributed by atoms with Crippen LogP contribution in [-0.4, -0.2) is 29.8 Å². The van der Waals surface area contributed by atoms with Crippen molar-refractivity contribution in [2.24, 2.45) is 11.7 Å². The zero-order chi connectivity index (χ0) is 13.3. The SMILES string of the molecule is CN(CC1CC(O)C1)c1ccc(Cl)cc1C(N)=S. The zero-order valence-corrected chi connectivity index (χ0v) is 11.8. The predicted octanol–water partition coefficient (Wildman–Crippen LogP) is 2.18. The minimum atomic E-state index is -0.122. The number of nitrogens with zero attached hydrogens (tertiary/aromatic N) is 1. The summed E-state index contributed by atoms with van der Waals surface area (Å²) in [7, 11) is 2.01. The third-order valence-corrected chi connectivity index (χ3v) is 3.83. The fourth-order valence-electron chi connectivity index (χ4n) is 2.37. The van der Waals surface area contributed by atoms with Crippen LogP contribution in [0.2, 0.25) is 5.02 Å². The van der Waals surface area contributed by atoms with Crippen LogP contribution >= 0.6 is 23.8 Å². The van der Waals surface area contributed by atoms with Gasteiger partial charge in [0.25, 0.3) is 0 Å². The minimum absolute atomic E-state index is 0.122. The van der Waals surface area contributed by atoms with Crippen molar-refractivity contribution in [1.82, 2.24) is 0 Å². The average Bonchev–Trinajstić information content (AvgIpc) is 2.26. The molecule has 1 fully saturated rings. The Bertz CT molecular complexity index is 460. The summed E-state index contributed by atoms with van der Waals surface area (Å²) < 4.78 is 0. The maximum Gasteiger partial charge on any atom is 0.106 e. The summed E-state index contributed by atoms with van der Waals surface area (Å²) in [5.74, 6) is 0.542. The molecule has 18 heavy (non-hydrogen) atoms. The van der Waals surface area contributed by atoms with E-state index in [-0.39, 0.29) is 6.10 Å². The standard InChI is InChI=1S/C13H17ClN2OS/c1-16(7-8-4-10(17)5-8)12-3-2-9(14)6-11(12)13(15)18/h2-3,6,8,10,17H,4-5,7H2,1H3,(H2,15,18). The first-order chi connectivity index (χ1) is 8.47. The molecule has 0 amide bonds. The number of halogens is 1. The molecule has 1 aliphatic rings. The van der Waals surface area contributed by atoms with E-state index in [1.165, 1.54) is 0 Å².